The number of benzene rings is 1. The summed E-state index contributed by atoms with van der Waals surface area (Å²) < 4.78 is 0. The predicted molar refractivity (Wildman–Crippen MR) is 74.1 cm³/mol. The summed E-state index contributed by atoms with van der Waals surface area (Å²) in [5.41, 5.74) is -0.449. The second kappa shape index (κ2) is 6.38. The van der Waals surface area contributed by atoms with Gasteiger partial charge in [0.25, 0.3) is 11.6 Å². The summed E-state index contributed by atoms with van der Waals surface area (Å²) in [6.45, 7) is 1.34. The first-order chi connectivity index (χ1) is 9.29. The van der Waals surface area contributed by atoms with Crippen LogP contribution in [-0.2, 0) is 4.79 Å². The molecule has 0 bridgehead atoms. The maximum atomic E-state index is 12.2. The van der Waals surface area contributed by atoms with Crippen molar-refractivity contribution in [1.29, 1.82) is 0 Å². The standard InChI is InChI=1S/C12H14N2O5S/c1-7(12(16)17)13(2)11(15)9-6-8(20-3)4-5-10(9)14(18)19/h4-7H,1-3H3,(H,16,17). The SMILES string of the molecule is CSc1ccc([N+](=O)[O-])c(C(=O)N(C)C(C)C(=O)O)c1. The van der Waals surface area contributed by atoms with Crippen molar-refractivity contribution in [3.8, 4) is 0 Å². The van der Waals surface area contributed by atoms with Gasteiger partial charge in [0.2, 0.25) is 0 Å². The van der Waals surface area contributed by atoms with Gasteiger partial charge in [-0.2, -0.15) is 0 Å². The van der Waals surface area contributed by atoms with E-state index in [1.165, 1.54) is 37.9 Å². The fraction of sp³-hybridized carbons (Fsp3) is 0.333. The third kappa shape index (κ3) is 3.27. The van der Waals surface area contributed by atoms with Gasteiger partial charge in [-0.25, -0.2) is 4.79 Å². The summed E-state index contributed by atoms with van der Waals surface area (Å²) in [7, 11) is 1.30. The fourth-order valence-corrected chi connectivity index (χ4v) is 1.94. The number of likely N-dealkylation sites (N-methyl/N-ethyl adjacent to an activating group) is 1. The number of hydrogen-bond donors (Lipinski definition) is 1. The molecule has 1 unspecified atom stereocenters. The maximum Gasteiger partial charge on any atom is 0.326 e. The van der Waals surface area contributed by atoms with Gasteiger partial charge in [-0.1, -0.05) is 0 Å². The lowest BCUT2D eigenvalue weighted by Gasteiger charge is -2.21. The largest absolute Gasteiger partial charge is 0.480 e. The number of aliphatic carboxylic acids is 1. The van der Waals surface area contributed by atoms with Crippen LogP contribution in [0.4, 0.5) is 5.69 Å². The van der Waals surface area contributed by atoms with Gasteiger partial charge in [0.1, 0.15) is 11.6 Å². The van der Waals surface area contributed by atoms with E-state index in [1.807, 2.05) is 0 Å². The molecule has 1 N–H and O–H groups in total. The van der Waals surface area contributed by atoms with Crippen molar-refractivity contribution in [3.05, 3.63) is 33.9 Å². The van der Waals surface area contributed by atoms with Gasteiger partial charge >= 0.3 is 5.97 Å². The topological polar surface area (TPSA) is 101 Å². The Labute approximate surface area is 119 Å². The first-order valence-electron chi connectivity index (χ1n) is 5.62. The van der Waals surface area contributed by atoms with Crippen LogP contribution in [0.3, 0.4) is 0 Å². The molecule has 1 aromatic carbocycles. The monoisotopic (exact) mass is 298 g/mol. The zero-order valence-corrected chi connectivity index (χ0v) is 12.0. The normalized spacial score (nSPS) is 11.8. The summed E-state index contributed by atoms with van der Waals surface area (Å²) in [6, 6.07) is 3.12. The Morgan fingerprint density at radius 2 is 2.05 bits per heavy atom. The van der Waals surface area contributed by atoms with Gasteiger partial charge < -0.3 is 10.0 Å². The van der Waals surface area contributed by atoms with E-state index in [-0.39, 0.29) is 11.3 Å². The van der Waals surface area contributed by atoms with Crippen LogP contribution in [0.2, 0.25) is 0 Å². The van der Waals surface area contributed by atoms with Crippen LogP contribution >= 0.6 is 11.8 Å². The highest BCUT2D eigenvalue weighted by molar-refractivity contribution is 7.98. The van der Waals surface area contributed by atoms with Gasteiger partial charge in [-0.05, 0) is 25.3 Å². The molecule has 0 aromatic heterocycles. The molecule has 0 aliphatic carbocycles. The van der Waals surface area contributed by atoms with Gasteiger partial charge in [-0.15, -0.1) is 11.8 Å². The van der Waals surface area contributed by atoms with E-state index in [9.17, 15) is 19.7 Å². The lowest BCUT2D eigenvalue weighted by molar-refractivity contribution is -0.385. The Hall–Kier alpha value is -2.09. The molecule has 108 valence electrons. The highest BCUT2D eigenvalue weighted by atomic mass is 32.2. The molecule has 1 atom stereocenters. The van der Waals surface area contributed by atoms with E-state index in [0.29, 0.717) is 4.90 Å². The minimum absolute atomic E-state index is 0.113. The van der Waals surface area contributed by atoms with Crippen molar-refractivity contribution in [1.82, 2.24) is 4.90 Å². The number of nitro benzene ring substituents is 1. The van der Waals surface area contributed by atoms with Crippen LogP contribution in [0.1, 0.15) is 17.3 Å². The second-order valence-electron chi connectivity index (χ2n) is 4.07. The number of carboxylic acid groups (broad SMARTS) is 1. The number of rotatable bonds is 5. The summed E-state index contributed by atoms with van der Waals surface area (Å²) in [6.07, 6.45) is 1.78. The molecule has 8 heteroatoms. The van der Waals surface area contributed by atoms with Crippen LogP contribution < -0.4 is 0 Å². The summed E-state index contributed by atoms with van der Waals surface area (Å²) in [5, 5.41) is 19.9. The Bertz CT molecular complexity index is 561. The smallest absolute Gasteiger partial charge is 0.326 e. The van der Waals surface area contributed by atoms with Crippen molar-refractivity contribution in [2.24, 2.45) is 0 Å². The average molecular weight is 298 g/mol. The molecular weight excluding hydrogens is 284 g/mol. The third-order valence-electron chi connectivity index (χ3n) is 2.89. The second-order valence-corrected chi connectivity index (χ2v) is 4.95. The predicted octanol–water partition coefficient (Wildman–Crippen LogP) is 1.86. The van der Waals surface area contributed by atoms with Crippen LogP contribution in [0.5, 0.6) is 0 Å². The molecule has 0 saturated carbocycles. The lowest BCUT2D eigenvalue weighted by Crippen LogP contribution is -2.40. The van der Waals surface area contributed by atoms with Gasteiger partial charge in [0.15, 0.2) is 0 Å². The van der Waals surface area contributed by atoms with E-state index in [1.54, 1.807) is 12.3 Å². The number of nitrogens with zero attached hydrogens (tertiary/aromatic N) is 2. The van der Waals surface area contributed by atoms with Crippen molar-refractivity contribution >= 4 is 29.3 Å². The van der Waals surface area contributed by atoms with Crippen molar-refractivity contribution in [2.75, 3.05) is 13.3 Å². The average Bonchev–Trinajstić information content (AvgIpc) is 2.43. The number of amides is 1. The Morgan fingerprint density at radius 3 is 2.50 bits per heavy atom. The zero-order valence-electron chi connectivity index (χ0n) is 11.2. The van der Waals surface area contributed by atoms with Crippen molar-refractivity contribution in [3.63, 3.8) is 0 Å². The number of carbonyl (C=O) groups is 2. The number of hydrogen-bond acceptors (Lipinski definition) is 5. The Balaban J connectivity index is 3.25. The van der Waals surface area contributed by atoms with Crippen LogP contribution in [0.25, 0.3) is 0 Å². The zero-order chi connectivity index (χ0) is 15.4. The van der Waals surface area contributed by atoms with Gasteiger partial charge in [-0.3, -0.25) is 14.9 Å². The molecule has 0 aliphatic heterocycles. The molecule has 0 saturated heterocycles. The number of thioether (sulfide) groups is 1. The minimum Gasteiger partial charge on any atom is -0.480 e. The molecule has 0 aliphatic rings. The van der Waals surface area contributed by atoms with E-state index in [2.05, 4.69) is 0 Å². The molecule has 7 nitrogen and oxygen atoms in total. The molecule has 0 radical (unpaired) electrons. The minimum atomic E-state index is -1.18. The molecule has 20 heavy (non-hydrogen) atoms. The highest BCUT2D eigenvalue weighted by Gasteiger charge is 2.28. The van der Waals surface area contributed by atoms with E-state index < -0.39 is 22.8 Å². The molecule has 0 heterocycles. The highest BCUT2D eigenvalue weighted by Crippen LogP contribution is 2.26. The summed E-state index contributed by atoms with van der Waals surface area (Å²) in [5.74, 6) is -1.87. The maximum absolute atomic E-state index is 12.2. The first-order valence-corrected chi connectivity index (χ1v) is 6.84. The van der Waals surface area contributed by atoms with Crippen LogP contribution in [-0.4, -0.2) is 46.2 Å². The molecule has 0 fully saturated rings. The fourth-order valence-electron chi connectivity index (χ4n) is 1.50. The molecular formula is C12H14N2O5S. The van der Waals surface area contributed by atoms with Crippen LogP contribution in [0.15, 0.2) is 23.1 Å². The van der Waals surface area contributed by atoms with Gasteiger partial charge in [0, 0.05) is 18.0 Å². The summed E-state index contributed by atoms with van der Waals surface area (Å²) in [4.78, 5) is 35.1. The Kier molecular flexibility index (Phi) is 5.09. The number of nitro groups is 1. The number of carbonyl (C=O) groups excluding carboxylic acids is 1. The first kappa shape index (κ1) is 16.0. The van der Waals surface area contributed by atoms with E-state index >= 15 is 0 Å². The van der Waals surface area contributed by atoms with E-state index in [0.717, 1.165) is 4.90 Å². The molecule has 0 spiro atoms. The Morgan fingerprint density at radius 1 is 1.45 bits per heavy atom. The quantitative estimate of drug-likeness (QED) is 0.506. The van der Waals surface area contributed by atoms with Crippen molar-refractivity contribution in [2.45, 2.75) is 17.9 Å². The molecule has 1 aromatic rings. The lowest BCUT2D eigenvalue weighted by atomic mass is 10.1. The third-order valence-corrected chi connectivity index (χ3v) is 3.61. The number of carboxylic acids is 1. The van der Waals surface area contributed by atoms with E-state index in [4.69, 9.17) is 5.11 Å². The van der Waals surface area contributed by atoms with Crippen LogP contribution in [0, 0.1) is 10.1 Å². The summed E-state index contributed by atoms with van der Waals surface area (Å²) >= 11 is 1.34. The molecule has 1 rings (SSSR count). The van der Waals surface area contributed by atoms with Gasteiger partial charge in [0.05, 0.1) is 4.92 Å². The van der Waals surface area contributed by atoms with Crippen molar-refractivity contribution < 1.29 is 19.6 Å². The molecule has 1 amide bonds.